The minimum absolute atomic E-state index is 0.103. The Morgan fingerprint density at radius 1 is 1.05 bits per heavy atom. The highest BCUT2D eigenvalue weighted by Gasteiger charge is 2.18. The third kappa shape index (κ3) is 2.68. The highest BCUT2D eigenvalue weighted by Crippen LogP contribution is 2.19. The average molecular weight is 304 g/mol. The van der Waals surface area contributed by atoms with Crippen LogP contribution in [0.1, 0.15) is 5.56 Å². The molecule has 0 unspecified atom stereocenters. The number of fused-ring (bicyclic) bond motifs is 1. The summed E-state index contributed by atoms with van der Waals surface area (Å²) in [5.74, 6) is -0.759. The number of H-pyrrole nitrogens is 1. The second-order valence-corrected chi connectivity index (χ2v) is 6.35. The van der Waals surface area contributed by atoms with Gasteiger partial charge < -0.3 is 4.98 Å². The molecule has 0 fully saturated rings. The van der Waals surface area contributed by atoms with Crippen molar-refractivity contribution in [3.63, 3.8) is 0 Å². The molecule has 0 amide bonds. The number of sulfonamides is 1. The Hall–Kier alpha value is -2.18. The Bertz CT molecular complexity index is 887. The number of halogens is 1. The van der Waals surface area contributed by atoms with Gasteiger partial charge in [0.15, 0.2) is 0 Å². The molecule has 0 saturated heterocycles. The minimum atomic E-state index is -3.88. The number of hydrogen-bond donors (Lipinski definition) is 2. The van der Waals surface area contributed by atoms with Crippen molar-refractivity contribution in [1.29, 1.82) is 0 Å². The smallest absolute Gasteiger partial charge is 0.243 e. The molecule has 0 aliphatic heterocycles. The first-order valence-electron chi connectivity index (χ1n) is 6.37. The number of benzene rings is 2. The second-order valence-electron chi connectivity index (χ2n) is 4.61. The molecule has 4 nitrogen and oxygen atoms in total. The third-order valence-corrected chi connectivity index (χ3v) is 4.70. The molecule has 21 heavy (non-hydrogen) atoms. The van der Waals surface area contributed by atoms with E-state index >= 15 is 0 Å². The van der Waals surface area contributed by atoms with Gasteiger partial charge in [0.1, 0.15) is 10.7 Å². The van der Waals surface area contributed by atoms with Crippen molar-refractivity contribution in [2.24, 2.45) is 0 Å². The zero-order valence-electron chi connectivity index (χ0n) is 11.0. The summed E-state index contributed by atoms with van der Waals surface area (Å²) in [6, 6.07) is 12.8. The van der Waals surface area contributed by atoms with Crippen LogP contribution in [0.3, 0.4) is 0 Å². The Labute approximate surface area is 121 Å². The molecule has 108 valence electrons. The van der Waals surface area contributed by atoms with Crippen molar-refractivity contribution in [1.82, 2.24) is 9.71 Å². The maximum atomic E-state index is 13.6. The van der Waals surface area contributed by atoms with Gasteiger partial charge in [0.25, 0.3) is 0 Å². The summed E-state index contributed by atoms with van der Waals surface area (Å²) in [6.07, 6.45) is 1.79. The minimum Gasteiger partial charge on any atom is -0.361 e. The van der Waals surface area contributed by atoms with Gasteiger partial charge in [-0.2, -0.15) is 0 Å². The van der Waals surface area contributed by atoms with Gasteiger partial charge in [-0.3, -0.25) is 0 Å². The van der Waals surface area contributed by atoms with Crippen LogP contribution in [0, 0.1) is 5.82 Å². The van der Waals surface area contributed by atoms with Gasteiger partial charge in [0.05, 0.1) is 0 Å². The Balaban J connectivity index is 1.88. The summed E-state index contributed by atoms with van der Waals surface area (Å²) >= 11 is 0. The van der Waals surface area contributed by atoms with Crippen molar-refractivity contribution in [3.05, 3.63) is 66.1 Å². The monoisotopic (exact) mass is 304 g/mol. The van der Waals surface area contributed by atoms with Crippen LogP contribution in [-0.4, -0.2) is 13.4 Å². The predicted octanol–water partition coefficient (Wildman–Crippen LogP) is 2.79. The average Bonchev–Trinajstić information content (AvgIpc) is 2.94. The van der Waals surface area contributed by atoms with E-state index in [9.17, 15) is 12.8 Å². The van der Waals surface area contributed by atoms with Gasteiger partial charge in [0.2, 0.25) is 10.0 Å². The van der Waals surface area contributed by atoms with E-state index in [1.54, 1.807) is 6.20 Å². The van der Waals surface area contributed by atoms with Crippen LogP contribution in [0.4, 0.5) is 4.39 Å². The van der Waals surface area contributed by atoms with Gasteiger partial charge in [0, 0.05) is 23.6 Å². The van der Waals surface area contributed by atoms with Crippen LogP contribution < -0.4 is 4.72 Å². The van der Waals surface area contributed by atoms with Crippen molar-refractivity contribution in [3.8, 4) is 0 Å². The molecule has 0 bridgehead atoms. The summed E-state index contributed by atoms with van der Waals surface area (Å²) in [5.41, 5.74) is 1.76. The molecular weight excluding hydrogens is 291 g/mol. The van der Waals surface area contributed by atoms with Crippen LogP contribution in [-0.2, 0) is 16.6 Å². The van der Waals surface area contributed by atoms with Crippen molar-refractivity contribution >= 4 is 20.9 Å². The molecule has 0 saturated carbocycles. The number of hydrogen-bond acceptors (Lipinski definition) is 2. The summed E-state index contributed by atoms with van der Waals surface area (Å²) in [5, 5.41) is 0.939. The van der Waals surface area contributed by atoms with E-state index in [1.807, 2.05) is 24.3 Å². The van der Waals surface area contributed by atoms with E-state index < -0.39 is 15.8 Å². The molecule has 1 aromatic heterocycles. The van der Waals surface area contributed by atoms with Crippen LogP contribution in [0.15, 0.2) is 59.6 Å². The van der Waals surface area contributed by atoms with Crippen molar-refractivity contribution in [2.75, 3.05) is 0 Å². The molecule has 1 heterocycles. The van der Waals surface area contributed by atoms with Crippen LogP contribution in [0.2, 0.25) is 0 Å². The van der Waals surface area contributed by atoms with E-state index in [2.05, 4.69) is 9.71 Å². The lowest BCUT2D eigenvalue weighted by atomic mass is 10.1. The van der Waals surface area contributed by atoms with Gasteiger partial charge in [-0.05, 0) is 29.8 Å². The van der Waals surface area contributed by atoms with E-state index in [4.69, 9.17) is 0 Å². The number of aromatic nitrogens is 1. The largest absolute Gasteiger partial charge is 0.361 e. The van der Waals surface area contributed by atoms with E-state index in [1.165, 1.54) is 18.2 Å². The molecule has 0 spiro atoms. The molecule has 6 heteroatoms. The maximum absolute atomic E-state index is 13.6. The van der Waals surface area contributed by atoms with E-state index in [0.717, 1.165) is 22.5 Å². The van der Waals surface area contributed by atoms with Crippen LogP contribution >= 0.6 is 0 Å². The first-order chi connectivity index (χ1) is 10.1. The summed E-state index contributed by atoms with van der Waals surface area (Å²) in [7, 11) is -3.88. The molecule has 2 aromatic carbocycles. The Morgan fingerprint density at radius 2 is 1.86 bits per heavy atom. The molecule has 0 radical (unpaired) electrons. The fourth-order valence-electron chi connectivity index (χ4n) is 2.22. The molecule has 0 aliphatic carbocycles. The van der Waals surface area contributed by atoms with E-state index in [-0.39, 0.29) is 11.4 Å². The highest BCUT2D eigenvalue weighted by molar-refractivity contribution is 7.89. The molecule has 2 N–H and O–H groups in total. The molecule has 3 rings (SSSR count). The number of rotatable bonds is 4. The summed E-state index contributed by atoms with van der Waals surface area (Å²) in [6.45, 7) is 0.103. The fraction of sp³-hybridized carbons (Fsp3) is 0.0667. The number of aromatic amines is 1. The second kappa shape index (κ2) is 5.31. The van der Waals surface area contributed by atoms with Crippen LogP contribution in [0.25, 0.3) is 10.9 Å². The van der Waals surface area contributed by atoms with Crippen molar-refractivity contribution < 1.29 is 12.8 Å². The molecule has 0 atom stereocenters. The zero-order valence-corrected chi connectivity index (χ0v) is 11.8. The quantitative estimate of drug-likeness (QED) is 0.778. The molecule has 3 aromatic rings. The molecular formula is C15H13FN2O2S. The number of nitrogens with one attached hydrogen (secondary N) is 2. The van der Waals surface area contributed by atoms with E-state index in [0.29, 0.717) is 0 Å². The first-order valence-corrected chi connectivity index (χ1v) is 7.85. The Morgan fingerprint density at radius 3 is 2.67 bits per heavy atom. The highest BCUT2D eigenvalue weighted by atomic mass is 32.2. The predicted molar refractivity (Wildman–Crippen MR) is 78.7 cm³/mol. The SMILES string of the molecule is O=S(=O)(NCc1cccc2[nH]ccc12)c1ccccc1F. The molecule has 0 aliphatic rings. The first kappa shape index (κ1) is 13.8. The van der Waals surface area contributed by atoms with Gasteiger partial charge in [-0.25, -0.2) is 17.5 Å². The lowest BCUT2D eigenvalue weighted by molar-refractivity contribution is 0.557. The third-order valence-electron chi connectivity index (χ3n) is 3.26. The maximum Gasteiger partial charge on any atom is 0.243 e. The lowest BCUT2D eigenvalue weighted by Crippen LogP contribution is -2.24. The lowest BCUT2D eigenvalue weighted by Gasteiger charge is -2.08. The van der Waals surface area contributed by atoms with Gasteiger partial charge in [-0.15, -0.1) is 0 Å². The van der Waals surface area contributed by atoms with Gasteiger partial charge in [-0.1, -0.05) is 24.3 Å². The fourth-order valence-corrected chi connectivity index (χ4v) is 3.30. The normalized spacial score (nSPS) is 11.9. The topological polar surface area (TPSA) is 62.0 Å². The standard InChI is InChI=1S/C15H13FN2O2S/c16-13-5-1-2-7-15(13)21(19,20)18-10-11-4-3-6-14-12(11)8-9-17-14/h1-9,17-18H,10H2. The zero-order chi connectivity index (χ0) is 14.9. The van der Waals surface area contributed by atoms with Crippen molar-refractivity contribution in [2.45, 2.75) is 11.4 Å². The van der Waals surface area contributed by atoms with Gasteiger partial charge >= 0.3 is 0 Å². The summed E-state index contributed by atoms with van der Waals surface area (Å²) < 4.78 is 40.3. The van der Waals surface area contributed by atoms with Crippen LogP contribution in [0.5, 0.6) is 0 Å². The Kier molecular flexibility index (Phi) is 3.48. The summed E-state index contributed by atoms with van der Waals surface area (Å²) in [4.78, 5) is 2.72.